The molecule has 6 nitrogen and oxygen atoms in total. The molecule has 1 aliphatic rings. The third-order valence-corrected chi connectivity index (χ3v) is 3.48. The molecule has 0 aromatic carbocycles. The first kappa shape index (κ1) is 12.7. The van der Waals surface area contributed by atoms with E-state index in [4.69, 9.17) is 5.11 Å². The Morgan fingerprint density at radius 2 is 2.11 bits per heavy atom. The van der Waals surface area contributed by atoms with Gasteiger partial charge in [-0.15, -0.1) is 11.3 Å². The van der Waals surface area contributed by atoms with Gasteiger partial charge in [-0.3, -0.25) is 14.4 Å². The van der Waals surface area contributed by atoms with Gasteiger partial charge in [0, 0.05) is 18.2 Å². The van der Waals surface area contributed by atoms with Crippen molar-refractivity contribution in [2.24, 2.45) is 5.92 Å². The minimum absolute atomic E-state index is 0.0553. The van der Waals surface area contributed by atoms with Crippen LogP contribution in [0.25, 0.3) is 0 Å². The second-order valence-electron chi connectivity index (χ2n) is 4.33. The Bertz CT molecular complexity index is 493. The minimum atomic E-state index is -0.989. The molecule has 2 heterocycles. The summed E-state index contributed by atoms with van der Waals surface area (Å²) < 4.78 is 0. The quantitative estimate of drug-likeness (QED) is 0.828. The summed E-state index contributed by atoms with van der Waals surface area (Å²) in [6.45, 7) is 1.85. The standard InChI is InChI=1S/C11H12N2O4S/c1-6-2-8(14)13(9(15)3-6)11-12-7(5-18-11)4-10(16)17/h5-6H,2-4H2,1H3,(H,16,17). The van der Waals surface area contributed by atoms with E-state index in [0.29, 0.717) is 18.5 Å². The predicted octanol–water partition coefficient (Wildman–Crippen LogP) is 1.06. The van der Waals surface area contributed by atoms with E-state index in [2.05, 4.69) is 4.98 Å². The molecule has 7 heteroatoms. The van der Waals surface area contributed by atoms with Crippen molar-refractivity contribution in [1.82, 2.24) is 4.98 Å². The monoisotopic (exact) mass is 268 g/mol. The second kappa shape index (κ2) is 4.85. The van der Waals surface area contributed by atoms with E-state index in [1.165, 1.54) is 0 Å². The van der Waals surface area contributed by atoms with Crippen molar-refractivity contribution in [1.29, 1.82) is 0 Å². The van der Waals surface area contributed by atoms with E-state index in [-0.39, 0.29) is 29.3 Å². The van der Waals surface area contributed by atoms with Crippen LogP contribution in [-0.4, -0.2) is 27.9 Å². The van der Waals surface area contributed by atoms with Crippen molar-refractivity contribution >= 4 is 34.3 Å². The van der Waals surface area contributed by atoms with Crippen molar-refractivity contribution in [2.75, 3.05) is 4.90 Å². The Kier molecular flexibility index (Phi) is 3.42. The van der Waals surface area contributed by atoms with Gasteiger partial charge in [0.2, 0.25) is 11.8 Å². The highest BCUT2D eigenvalue weighted by Crippen LogP contribution is 2.27. The van der Waals surface area contributed by atoms with Crippen LogP contribution in [0.4, 0.5) is 5.13 Å². The number of aromatic nitrogens is 1. The number of thiazole rings is 1. The fraction of sp³-hybridized carbons (Fsp3) is 0.455. The lowest BCUT2D eigenvalue weighted by atomic mass is 9.98. The second-order valence-corrected chi connectivity index (χ2v) is 5.16. The van der Waals surface area contributed by atoms with Crippen LogP contribution in [0, 0.1) is 5.92 Å². The van der Waals surface area contributed by atoms with Crippen LogP contribution in [0.3, 0.4) is 0 Å². The lowest BCUT2D eigenvalue weighted by molar-refractivity contribution is -0.136. The predicted molar refractivity (Wildman–Crippen MR) is 64.3 cm³/mol. The molecule has 0 bridgehead atoms. The first-order chi connectivity index (χ1) is 8.47. The molecule has 1 aromatic rings. The Labute approximate surface area is 107 Å². The third-order valence-electron chi connectivity index (χ3n) is 2.61. The SMILES string of the molecule is CC1CC(=O)N(c2nc(CC(=O)O)cs2)C(=O)C1. The van der Waals surface area contributed by atoms with Crippen LogP contribution in [0.2, 0.25) is 0 Å². The van der Waals surface area contributed by atoms with E-state index in [1.807, 2.05) is 6.92 Å². The summed E-state index contributed by atoms with van der Waals surface area (Å²) in [6, 6.07) is 0. The number of anilines is 1. The molecule has 2 rings (SSSR count). The first-order valence-corrected chi connectivity index (χ1v) is 6.37. The van der Waals surface area contributed by atoms with Crippen LogP contribution in [0.15, 0.2) is 5.38 Å². The Hall–Kier alpha value is -1.76. The summed E-state index contributed by atoms with van der Waals surface area (Å²) in [5.41, 5.74) is 0.363. The number of piperidine rings is 1. The summed E-state index contributed by atoms with van der Waals surface area (Å²) >= 11 is 1.12. The maximum atomic E-state index is 11.8. The molecular weight excluding hydrogens is 256 g/mol. The van der Waals surface area contributed by atoms with E-state index < -0.39 is 5.97 Å². The maximum absolute atomic E-state index is 11.8. The van der Waals surface area contributed by atoms with Crippen LogP contribution >= 0.6 is 11.3 Å². The molecule has 1 aromatic heterocycles. The molecule has 1 N–H and O–H groups in total. The Morgan fingerprint density at radius 3 is 2.67 bits per heavy atom. The number of hydrogen-bond donors (Lipinski definition) is 1. The highest BCUT2D eigenvalue weighted by atomic mass is 32.1. The Balaban J connectivity index is 2.20. The van der Waals surface area contributed by atoms with Gasteiger partial charge in [-0.05, 0) is 5.92 Å². The van der Waals surface area contributed by atoms with Crippen molar-refractivity contribution in [3.8, 4) is 0 Å². The zero-order chi connectivity index (χ0) is 13.3. The number of rotatable bonds is 3. The molecule has 0 radical (unpaired) electrons. The van der Waals surface area contributed by atoms with Crippen molar-refractivity contribution < 1.29 is 19.5 Å². The zero-order valence-electron chi connectivity index (χ0n) is 9.75. The van der Waals surface area contributed by atoms with E-state index in [9.17, 15) is 14.4 Å². The first-order valence-electron chi connectivity index (χ1n) is 5.49. The number of carboxylic acid groups (broad SMARTS) is 1. The van der Waals surface area contributed by atoms with E-state index in [0.717, 1.165) is 16.2 Å². The van der Waals surface area contributed by atoms with Crippen molar-refractivity contribution in [3.05, 3.63) is 11.1 Å². The lowest BCUT2D eigenvalue weighted by Crippen LogP contribution is -2.42. The molecule has 0 spiro atoms. The summed E-state index contributed by atoms with van der Waals surface area (Å²) in [7, 11) is 0. The molecule has 96 valence electrons. The molecule has 0 saturated carbocycles. The fourth-order valence-corrected chi connectivity index (χ4v) is 2.69. The highest BCUT2D eigenvalue weighted by molar-refractivity contribution is 7.14. The van der Waals surface area contributed by atoms with Gasteiger partial charge in [0.05, 0.1) is 12.1 Å². The number of imide groups is 1. The van der Waals surface area contributed by atoms with E-state index in [1.54, 1.807) is 5.38 Å². The number of aliphatic carboxylic acids is 1. The number of hydrogen-bond acceptors (Lipinski definition) is 5. The van der Waals surface area contributed by atoms with Gasteiger partial charge in [0.1, 0.15) is 0 Å². The number of carbonyl (C=O) groups is 3. The van der Waals surface area contributed by atoms with Gasteiger partial charge in [0.25, 0.3) is 0 Å². The molecular formula is C11H12N2O4S. The molecule has 2 amide bonds. The largest absolute Gasteiger partial charge is 0.481 e. The Morgan fingerprint density at radius 1 is 1.50 bits per heavy atom. The fourth-order valence-electron chi connectivity index (χ4n) is 1.84. The van der Waals surface area contributed by atoms with Crippen LogP contribution < -0.4 is 4.90 Å². The number of carboxylic acids is 1. The molecule has 1 saturated heterocycles. The lowest BCUT2D eigenvalue weighted by Gasteiger charge is -2.25. The van der Waals surface area contributed by atoms with Crippen molar-refractivity contribution in [2.45, 2.75) is 26.2 Å². The number of amides is 2. The van der Waals surface area contributed by atoms with Crippen molar-refractivity contribution in [3.63, 3.8) is 0 Å². The average Bonchev–Trinajstić information content (AvgIpc) is 2.63. The van der Waals surface area contributed by atoms with Crippen LogP contribution in [0.5, 0.6) is 0 Å². The van der Waals surface area contributed by atoms with E-state index >= 15 is 0 Å². The summed E-state index contributed by atoms with van der Waals surface area (Å²) in [4.78, 5) is 39.2. The molecule has 0 unspecified atom stereocenters. The van der Waals surface area contributed by atoms with Gasteiger partial charge in [-0.2, -0.15) is 0 Å². The smallest absolute Gasteiger partial charge is 0.309 e. The molecule has 18 heavy (non-hydrogen) atoms. The molecule has 1 aliphatic heterocycles. The summed E-state index contributed by atoms with van der Waals surface area (Å²) in [6.07, 6.45) is 0.433. The van der Waals surface area contributed by atoms with Crippen LogP contribution in [0.1, 0.15) is 25.5 Å². The number of nitrogens with zero attached hydrogens (tertiary/aromatic N) is 2. The van der Waals surface area contributed by atoms with Gasteiger partial charge in [-0.25, -0.2) is 9.88 Å². The topological polar surface area (TPSA) is 87.6 Å². The minimum Gasteiger partial charge on any atom is -0.481 e. The van der Waals surface area contributed by atoms with Gasteiger partial charge < -0.3 is 5.11 Å². The highest BCUT2D eigenvalue weighted by Gasteiger charge is 2.33. The summed E-state index contributed by atoms with van der Waals surface area (Å²) in [5.74, 6) is -1.47. The third kappa shape index (κ3) is 2.56. The number of carbonyl (C=O) groups excluding carboxylic acids is 2. The average molecular weight is 268 g/mol. The zero-order valence-corrected chi connectivity index (χ0v) is 10.6. The van der Waals surface area contributed by atoms with Crippen LogP contribution in [-0.2, 0) is 20.8 Å². The molecule has 1 fully saturated rings. The summed E-state index contributed by atoms with van der Waals surface area (Å²) in [5, 5.41) is 10.5. The maximum Gasteiger partial charge on any atom is 0.309 e. The van der Waals surface area contributed by atoms with Gasteiger partial charge in [0.15, 0.2) is 5.13 Å². The van der Waals surface area contributed by atoms with Gasteiger partial charge in [-0.1, -0.05) is 6.92 Å². The molecule has 0 aliphatic carbocycles. The normalized spacial score (nSPS) is 17.3. The molecule has 0 atom stereocenters. The van der Waals surface area contributed by atoms with Gasteiger partial charge >= 0.3 is 5.97 Å².